The van der Waals surface area contributed by atoms with E-state index in [2.05, 4.69) is 4.74 Å². The number of hydrogen-bond acceptors (Lipinski definition) is 5. The van der Waals surface area contributed by atoms with Crippen LogP contribution in [-0.4, -0.2) is 27.3 Å². The van der Waals surface area contributed by atoms with E-state index in [1.807, 2.05) is 42.5 Å². The quantitative estimate of drug-likeness (QED) is 0.629. The number of carbonyl (C=O) groups is 1. The molecule has 0 fully saturated rings. The van der Waals surface area contributed by atoms with Gasteiger partial charge in [-0.25, -0.2) is 0 Å². The molecule has 3 aromatic rings. The Labute approximate surface area is 146 Å². The zero-order chi connectivity index (χ0) is 17.8. The highest BCUT2D eigenvalue weighted by Gasteiger charge is 2.11. The van der Waals surface area contributed by atoms with Crippen LogP contribution in [0.5, 0.6) is 11.5 Å². The molecule has 5 nitrogen and oxygen atoms in total. The summed E-state index contributed by atoms with van der Waals surface area (Å²) in [4.78, 5) is 11.3. The molecule has 0 unspecified atom stereocenters. The van der Waals surface area contributed by atoms with Crippen LogP contribution in [0.4, 0.5) is 0 Å². The number of esters is 1. The van der Waals surface area contributed by atoms with Gasteiger partial charge in [0.1, 0.15) is 11.3 Å². The lowest BCUT2D eigenvalue weighted by Crippen LogP contribution is -2.01. The van der Waals surface area contributed by atoms with Crippen molar-refractivity contribution in [3.63, 3.8) is 0 Å². The summed E-state index contributed by atoms with van der Waals surface area (Å²) in [5, 5.41) is 0.993. The molecule has 0 saturated heterocycles. The summed E-state index contributed by atoms with van der Waals surface area (Å²) in [5.41, 5.74) is 2.77. The summed E-state index contributed by atoms with van der Waals surface area (Å²) in [6.07, 6.45) is 1.00. The summed E-state index contributed by atoms with van der Waals surface area (Å²) in [6, 6.07) is 13.6. The highest BCUT2D eigenvalue weighted by atomic mass is 16.5. The second-order valence-corrected chi connectivity index (χ2v) is 5.63. The van der Waals surface area contributed by atoms with Crippen molar-refractivity contribution in [2.24, 2.45) is 0 Å². The SMILES string of the molecule is COC(=O)CCc1ccc2oc(-c3ccc(OC)c(OC)c3)cc2c1. The van der Waals surface area contributed by atoms with Gasteiger partial charge in [0, 0.05) is 17.4 Å². The van der Waals surface area contributed by atoms with E-state index >= 15 is 0 Å². The van der Waals surface area contributed by atoms with Crippen molar-refractivity contribution >= 4 is 16.9 Å². The first-order chi connectivity index (χ1) is 12.1. The number of benzene rings is 2. The lowest BCUT2D eigenvalue weighted by Gasteiger charge is -2.08. The summed E-state index contributed by atoms with van der Waals surface area (Å²) < 4.78 is 21.2. The van der Waals surface area contributed by atoms with Crippen LogP contribution in [0.1, 0.15) is 12.0 Å². The first-order valence-corrected chi connectivity index (χ1v) is 7.96. The fourth-order valence-electron chi connectivity index (χ4n) is 2.73. The molecular weight excluding hydrogens is 320 g/mol. The third-order valence-electron chi connectivity index (χ3n) is 4.09. The number of methoxy groups -OCH3 is 3. The molecule has 0 spiro atoms. The third-order valence-corrected chi connectivity index (χ3v) is 4.09. The van der Waals surface area contributed by atoms with E-state index in [0.717, 1.165) is 27.9 Å². The monoisotopic (exact) mass is 340 g/mol. The lowest BCUT2D eigenvalue weighted by atomic mass is 10.1. The maximum atomic E-state index is 11.3. The van der Waals surface area contributed by atoms with E-state index < -0.39 is 0 Å². The first kappa shape index (κ1) is 16.9. The van der Waals surface area contributed by atoms with Crippen molar-refractivity contribution in [3.8, 4) is 22.8 Å². The van der Waals surface area contributed by atoms with E-state index in [-0.39, 0.29) is 5.97 Å². The number of fused-ring (bicyclic) bond motifs is 1. The Morgan fingerprint density at radius 3 is 2.48 bits per heavy atom. The van der Waals surface area contributed by atoms with E-state index in [4.69, 9.17) is 13.9 Å². The highest BCUT2D eigenvalue weighted by molar-refractivity contribution is 5.84. The molecule has 3 rings (SSSR count). The normalized spacial score (nSPS) is 10.7. The minimum absolute atomic E-state index is 0.210. The summed E-state index contributed by atoms with van der Waals surface area (Å²) in [6.45, 7) is 0. The molecule has 0 amide bonds. The van der Waals surface area contributed by atoms with Crippen LogP contribution in [0.2, 0.25) is 0 Å². The van der Waals surface area contributed by atoms with Gasteiger partial charge in [-0.2, -0.15) is 0 Å². The second-order valence-electron chi connectivity index (χ2n) is 5.63. The first-order valence-electron chi connectivity index (χ1n) is 7.96. The Bertz CT molecular complexity index is 894. The Morgan fingerprint density at radius 2 is 1.76 bits per heavy atom. The molecule has 5 heteroatoms. The van der Waals surface area contributed by atoms with Crippen LogP contribution in [0.3, 0.4) is 0 Å². The second kappa shape index (κ2) is 7.30. The van der Waals surface area contributed by atoms with Crippen LogP contribution in [0.25, 0.3) is 22.3 Å². The van der Waals surface area contributed by atoms with Crippen molar-refractivity contribution in [3.05, 3.63) is 48.0 Å². The van der Waals surface area contributed by atoms with Gasteiger partial charge in [-0.05, 0) is 48.4 Å². The number of carbonyl (C=O) groups excluding carboxylic acids is 1. The molecule has 0 bridgehead atoms. The number of hydrogen-bond donors (Lipinski definition) is 0. The Kier molecular flexibility index (Phi) is 4.93. The molecule has 1 aromatic heterocycles. The molecule has 0 aliphatic carbocycles. The Balaban J connectivity index is 1.89. The molecule has 0 N–H and O–H groups in total. The topological polar surface area (TPSA) is 57.9 Å². The highest BCUT2D eigenvalue weighted by Crippen LogP contribution is 2.35. The van der Waals surface area contributed by atoms with E-state index in [9.17, 15) is 4.79 Å². The van der Waals surface area contributed by atoms with E-state index in [0.29, 0.717) is 24.3 Å². The molecule has 0 aliphatic rings. The lowest BCUT2D eigenvalue weighted by molar-refractivity contribution is -0.140. The number of ether oxygens (including phenoxy) is 3. The fraction of sp³-hybridized carbons (Fsp3) is 0.250. The predicted octanol–water partition coefficient (Wildman–Crippen LogP) is 4.22. The van der Waals surface area contributed by atoms with Crippen LogP contribution in [-0.2, 0) is 16.0 Å². The van der Waals surface area contributed by atoms with Gasteiger partial charge in [0.2, 0.25) is 0 Å². The van der Waals surface area contributed by atoms with Gasteiger partial charge in [0.05, 0.1) is 21.3 Å². The molecule has 25 heavy (non-hydrogen) atoms. The van der Waals surface area contributed by atoms with E-state index in [1.165, 1.54) is 7.11 Å². The smallest absolute Gasteiger partial charge is 0.305 e. The van der Waals surface area contributed by atoms with Gasteiger partial charge in [0.25, 0.3) is 0 Å². The van der Waals surface area contributed by atoms with Crippen molar-refractivity contribution in [1.82, 2.24) is 0 Å². The van der Waals surface area contributed by atoms with Gasteiger partial charge in [-0.15, -0.1) is 0 Å². The van der Waals surface area contributed by atoms with Gasteiger partial charge in [-0.1, -0.05) is 6.07 Å². The van der Waals surface area contributed by atoms with Crippen LogP contribution >= 0.6 is 0 Å². The number of aryl methyl sites for hydroxylation is 1. The fourth-order valence-corrected chi connectivity index (χ4v) is 2.73. The molecule has 2 aromatic carbocycles. The maximum absolute atomic E-state index is 11.3. The molecule has 130 valence electrons. The summed E-state index contributed by atoms with van der Waals surface area (Å²) in [7, 11) is 4.61. The number of furan rings is 1. The van der Waals surface area contributed by atoms with Gasteiger partial charge in [-0.3, -0.25) is 4.79 Å². The molecule has 0 radical (unpaired) electrons. The van der Waals surface area contributed by atoms with Crippen LogP contribution in [0.15, 0.2) is 46.9 Å². The minimum atomic E-state index is -0.210. The zero-order valence-corrected chi connectivity index (χ0v) is 14.5. The van der Waals surface area contributed by atoms with Crippen LogP contribution < -0.4 is 9.47 Å². The van der Waals surface area contributed by atoms with Crippen molar-refractivity contribution in [1.29, 1.82) is 0 Å². The van der Waals surface area contributed by atoms with Crippen molar-refractivity contribution in [2.75, 3.05) is 21.3 Å². The molecule has 0 aliphatic heterocycles. The maximum Gasteiger partial charge on any atom is 0.305 e. The average Bonchev–Trinajstić information content (AvgIpc) is 3.08. The molecular formula is C20H20O5. The summed E-state index contributed by atoms with van der Waals surface area (Å²) in [5.74, 6) is 1.87. The van der Waals surface area contributed by atoms with E-state index in [1.54, 1.807) is 14.2 Å². The molecule has 0 atom stereocenters. The Hall–Kier alpha value is -2.95. The molecule has 1 heterocycles. The zero-order valence-electron chi connectivity index (χ0n) is 14.5. The van der Waals surface area contributed by atoms with Gasteiger partial charge < -0.3 is 18.6 Å². The van der Waals surface area contributed by atoms with Crippen molar-refractivity contribution in [2.45, 2.75) is 12.8 Å². The standard InChI is InChI=1S/C20H20O5/c1-22-17-8-6-14(11-19(17)23-2)18-12-15-10-13(4-7-16(15)25-18)5-9-20(21)24-3/h4,6-8,10-12H,5,9H2,1-3H3. The van der Waals surface area contributed by atoms with Gasteiger partial charge >= 0.3 is 5.97 Å². The van der Waals surface area contributed by atoms with Crippen molar-refractivity contribution < 1.29 is 23.4 Å². The largest absolute Gasteiger partial charge is 0.493 e. The Morgan fingerprint density at radius 1 is 0.960 bits per heavy atom. The third kappa shape index (κ3) is 3.60. The van der Waals surface area contributed by atoms with Gasteiger partial charge in [0.15, 0.2) is 11.5 Å². The number of rotatable bonds is 6. The minimum Gasteiger partial charge on any atom is -0.493 e. The average molecular weight is 340 g/mol. The predicted molar refractivity (Wildman–Crippen MR) is 95.1 cm³/mol. The van der Waals surface area contributed by atoms with Crippen LogP contribution in [0, 0.1) is 0 Å². The summed E-state index contributed by atoms with van der Waals surface area (Å²) >= 11 is 0. The molecule has 0 saturated carbocycles.